The quantitative estimate of drug-likeness (QED) is 0.592. The third-order valence-corrected chi connectivity index (χ3v) is 2.66. The highest BCUT2D eigenvalue weighted by Gasteiger charge is 2.18. The van der Waals surface area contributed by atoms with Gasteiger partial charge in [0.1, 0.15) is 11.6 Å². The Labute approximate surface area is 99.9 Å². The molecule has 3 nitrogen and oxygen atoms in total. The fourth-order valence-corrected chi connectivity index (χ4v) is 1.68. The lowest BCUT2D eigenvalue weighted by Crippen LogP contribution is -2.45. The van der Waals surface area contributed by atoms with Gasteiger partial charge in [0.15, 0.2) is 0 Å². The first-order valence-electron chi connectivity index (χ1n) is 5.60. The minimum atomic E-state index is -0.457. The maximum atomic E-state index is 13.4. The Morgan fingerprint density at radius 1 is 1.41 bits per heavy atom. The van der Waals surface area contributed by atoms with Crippen LogP contribution in [0, 0.1) is 11.6 Å². The van der Waals surface area contributed by atoms with Crippen molar-refractivity contribution in [3.63, 3.8) is 0 Å². The minimum absolute atomic E-state index is 0.173. The lowest BCUT2D eigenvalue weighted by Gasteiger charge is -2.23. The van der Waals surface area contributed by atoms with Crippen LogP contribution in [0.1, 0.15) is 19.4 Å². The standard InChI is InChI=1S/C12H18F2N2O/c1-3-17-8(2)12(16-15)7-9-6-10(13)4-5-11(9)14/h4-6,8,12,16H,3,7,15H2,1-2H3. The molecule has 1 aromatic rings. The third kappa shape index (κ3) is 4.03. The molecule has 0 spiro atoms. The summed E-state index contributed by atoms with van der Waals surface area (Å²) in [5.74, 6) is 4.50. The van der Waals surface area contributed by atoms with Crippen LogP contribution in [0.15, 0.2) is 18.2 Å². The predicted molar refractivity (Wildman–Crippen MR) is 62.3 cm³/mol. The fraction of sp³-hybridized carbons (Fsp3) is 0.500. The van der Waals surface area contributed by atoms with Gasteiger partial charge in [-0.2, -0.15) is 0 Å². The minimum Gasteiger partial charge on any atom is -0.377 e. The van der Waals surface area contributed by atoms with Crippen molar-refractivity contribution < 1.29 is 13.5 Å². The van der Waals surface area contributed by atoms with Crippen LogP contribution in [0.5, 0.6) is 0 Å². The second-order valence-corrected chi connectivity index (χ2v) is 3.87. The van der Waals surface area contributed by atoms with Gasteiger partial charge in [0.2, 0.25) is 0 Å². The zero-order valence-corrected chi connectivity index (χ0v) is 10.0. The van der Waals surface area contributed by atoms with Gasteiger partial charge in [-0.3, -0.25) is 11.3 Å². The molecule has 1 aromatic carbocycles. The highest BCUT2D eigenvalue weighted by molar-refractivity contribution is 5.20. The summed E-state index contributed by atoms with van der Waals surface area (Å²) in [5.41, 5.74) is 2.86. The van der Waals surface area contributed by atoms with Crippen LogP contribution < -0.4 is 11.3 Å². The van der Waals surface area contributed by atoms with E-state index in [0.29, 0.717) is 12.2 Å². The zero-order chi connectivity index (χ0) is 12.8. The van der Waals surface area contributed by atoms with Gasteiger partial charge in [-0.25, -0.2) is 8.78 Å². The maximum Gasteiger partial charge on any atom is 0.126 e. The first-order valence-corrected chi connectivity index (χ1v) is 5.60. The molecule has 0 amide bonds. The van der Waals surface area contributed by atoms with E-state index < -0.39 is 11.6 Å². The normalized spacial score (nSPS) is 14.6. The van der Waals surface area contributed by atoms with E-state index >= 15 is 0 Å². The van der Waals surface area contributed by atoms with Crippen LogP contribution in [0.2, 0.25) is 0 Å². The molecule has 17 heavy (non-hydrogen) atoms. The number of halogens is 2. The summed E-state index contributed by atoms with van der Waals surface area (Å²) in [6, 6.07) is 3.13. The van der Waals surface area contributed by atoms with Crippen molar-refractivity contribution in [2.75, 3.05) is 6.61 Å². The Morgan fingerprint density at radius 3 is 2.71 bits per heavy atom. The van der Waals surface area contributed by atoms with Crippen molar-refractivity contribution in [2.24, 2.45) is 5.84 Å². The Hall–Kier alpha value is -1.04. The molecule has 1 rings (SSSR count). The van der Waals surface area contributed by atoms with Crippen molar-refractivity contribution in [1.29, 1.82) is 0 Å². The van der Waals surface area contributed by atoms with Gasteiger partial charge in [-0.1, -0.05) is 0 Å². The second-order valence-electron chi connectivity index (χ2n) is 3.87. The lowest BCUT2D eigenvalue weighted by atomic mass is 10.0. The van der Waals surface area contributed by atoms with Crippen LogP contribution >= 0.6 is 0 Å². The summed E-state index contributed by atoms with van der Waals surface area (Å²) in [7, 11) is 0. The first-order chi connectivity index (χ1) is 8.08. The fourth-order valence-electron chi connectivity index (χ4n) is 1.68. The van der Waals surface area contributed by atoms with Crippen molar-refractivity contribution in [1.82, 2.24) is 5.43 Å². The highest BCUT2D eigenvalue weighted by Crippen LogP contribution is 2.14. The molecule has 0 aliphatic heterocycles. The van der Waals surface area contributed by atoms with Crippen LogP contribution in [-0.2, 0) is 11.2 Å². The van der Waals surface area contributed by atoms with Crippen molar-refractivity contribution >= 4 is 0 Å². The molecule has 5 heteroatoms. The summed E-state index contributed by atoms with van der Waals surface area (Å²) in [5, 5.41) is 0. The average Bonchev–Trinajstić information content (AvgIpc) is 2.30. The monoisotopic (exact) mass is 244 g/mol. The molecule has 2 atom stereocenters. The number of benzene rings is 1. The molecular weight excluding hydrogens is 226 g/mol. The first kappa shape index (κ1) is 14.0. The summed E-state index contributed by atoms with van der Waals surface area (Å²) >= 11 is 0. The number of hydrazine groups is 1. The van der Waals surface area contributed by atoms with Crippen molar-refractivity contribution in [3.05, 3.63) is 35.4 Å². The van der Waals surface area contributed by atoms with Gasteiger partial charge >= 0.3 is 0 Å². The van der Waals surface area contributed by atoms with Crippen LogP contribution in [-0.4, -0.2) is 18.8 Å². The van der Waals surface area contributed by atoms with Gasteiger partial charge in [0, 0.05) is 6.61 Å². The third-order valence-electron chi connectivity index (χ3n) is 2.66. The number of ether oxygens (including phenoxy) is 1. The second kappa shape index (κ2) is 6.64. The number of nitrogens with one attached hydrogen (secondary N) is 1. The number of hydrogen-bond donors (Lipinski definition) is 2. The van der Waals surface area contributed by atoms with Gasteiger partial charge in [0.05, 0.1) is 12.1 Å². The molecule has 0 saturated carbocycles. The summed E-state index contributed by atoms with van der Waals surface area (Å²) in [6.45, 7) is 4.25. The van der Waals surface area contributed by atoms with Crippen molar-refractivity contribution in [2.45, 2.75) is 32.4 Å². The topological polar surface area (TPSA) is 47.3 Å². The number of rotatable bonds is 6. The van der Waals surface area contributed by atoms with Gasteiger partial charge in [0.25, 0.3) is 0 Å². The van der Waals surface area contributed by atoms with E-state index in [1.165, 1.54) is 6.07 Å². The van der Waals surface area contributed by atoms with Gasteiger partial charge < -0.3 is 4.74 Å². The van der Waals surface area contributed by atoms with E-state index in [-0.39, 0.29) is 18.6 Å². The molecular formula is C12H18F2N2O. The predicted octanol–water partition coefficient (Wildman–Crippen LogP) is 1.76. The van der Waals surface area contributed by atoms with Crippen LogP contribution in [0.3, 0.4) is 0 Å². The van der Waals surface area contributed by atoms with E-state index in [1.54, 1.807) is 0 Å². The molecule has 96 valence electrons. The van der Waals surface area contributed by atoms with E-state index in [9.17, 15) is 8.78 Å². The maximum absolute atomic E-state index is 13.4. The van der Waals surface area contributed by atoms with E-state index in [2.05, 4.69) is 5.43 Å². The van der Waals surface area contributed by atoms with Crippen LogP contribution in [0.4, 0.5) is 8.78 Å². The molecule has 0 aromatic heterocycles. The molecule has 0 saturated heterocycles. The smallest absolute Gasteiger partial charge is 0.126 e. The Bertz CT molecular complexity index is 360. The Balaban J connectivity index is 2.76. The molecule has 0 aliphatic rings. The van der Waals surface area contributed by atoms with Gasteiger partial charge in [-0.15, -0.1) is 0 Å². The summed E-state index contributed by atoms with van der Waals surface area (Å²) in [6.07, 6.45) is 0.106. The largest absolute Gasteiger partial charge is 0.377 e. The zero-order valence-electron chi connectivity index (χ0n) is 10.0. The number of hydrogen-bond acceptors (Lipinski definition) is 3. The Kier molecular flexibility index (Phi) is 5.47. The highest BCUT2D eigenvalue weighted by atomic mass is 19.1. The van der Waals surface area contributed by atoms with E-state index in [1.807, 2.05) is 13.8 Å². The average molecular weight is 244 g/mol. The van der Waals surface area contributed by atoms with E-state index in [0.717, 1.165) is 12.1 Å². The summed E-state index contributed by atoms with van der Waals surface area (Å²) < 4.78 is 31.8. The molecule has 0 fully saturated rings. The summed E-state index contributed by atoms with van der Waals surface area (Å²) in [4.78, 5) is 0. The molecule has 0 aliphatic carbocycles. The molecule has 3 N–H and O–H groups in total. The number of nitrogens with two attached hydrogens (primary N) is 1. The molecule has 0 heterocycles. The molecule has 0 bridgehead atoms. The van der Waals surface area contributed by atoms with Crippen molar-refractivity contribution in [3.8, 4) is 0 Å². The van der Waals surface area contributed by atoms with Crippen LogP contribution in [0.25, 0.3) is 0 Å². The van der Waals surface area contributed by atoms with Gasteiger partial charge in [-0.05, 0) is 44.0 Å². The molecule has 2 unspecified atom stereocenters. The SMILES string of the molecule is CCOC(C)C(Cc1cc(F)ccc1F)NN. The van der Waals surface area contributed by atoms with E-state index in [4.69, 9.17) is 10.6 Å². The lowest BCUT2D eigenvalue weighted by molar-refractivity contribution is 0.0474. The Morgan fingerprint density at radius 2 is 2.12 bits per heavy atom. The molecule has 0 radical (unpaired) electrons.